The van der Waals surface area contributed by atoms with E-state index in [-0.39, 0.29) is 0 Å². The fraction of sp³-hybridized carbons (Fsp3) is 0.588. The van der Waals surface area contributed by atoms with Gasteiger partial charge in [-0.1, -0.05) is 33.1 Å². The molecule has 0 aliphatic heterocycles. The van der Waals surface area contributed by atoms with Crippen molar-refractivity contribution in [2.75, 3.05) is 13.2 Å². The molecule has 0 N–H and O–H groups in total. The second kappa shape index (κ2) is 9.40. The molecule has 0 bridgehead atoms. The van der Waals surface area contributed by atoms with Crippen LogP contribution in [0.4, 0.5) is 0 Å². The molecule has 0 heterocycles. The van der Waals surface area contributed by atoms with Crippen LogP contribution in [0.25, 0.3) is 0 Å². The van der Waals surface area contributed by atoms with Crippen LogP contribution >= 0.6 is 0 Å². The zero-order valence-electron chi connectivity index (χ0n) is 12.9. The highest BCUT2D eigenvalue weighted by atomic mass is 16.5. The molecule has 0 saturated heterocycles. The van der Waals surface area contributed by atoms with Crippen LogP contribution in [0.1, 0.15) is 56.8 Å². The van der Waals surface area contributed by atoms with Gasteiger partial charge in [-0.15, -0.1) is 0 Å². The second-order valence-corrected chi connectivity index (χ2v) is 4.98. The Morgan fingerprint density at radius 1 is 1.15 bits per heavy atom. The molecule has 0 aliphatic rings. The van der Waals surface area contributed by atoms with Crippen LogP contribution in [0.2, 0.25) is 0 Å². The standard InChI is InChI=1S/C17H26O3/c1-4-7-8-14(5-2)13-20-16-10-9-15(12-18)11-17(16)19-6-3/h9-12,14H,4-8,13H2,1-3H3. The molecule has 1 aromatic carbocycles. The van der Waals surface area contributed by atoms with E-state index < -0.39 is 0 Å². The Morgan fingerprint density at radius 3 is 2.55 bits per heavy atom. The van der Waals surface area contributed by atoms with Crippen molar-refractivity contribution in [3.63, 3.8) is 0 Å². The van der Waals surface area contributed by atoms with Crippen LogP contribution in [-0.2, 0) is 0 Å². The van der Waals surface area contributed by atoms with Gasteiger partial charge in [-0.3, -0.25) is 4.79 Å². The third-order valence-corrected chi connectivity index (χ3v) is 3.42. The van der Waals surface area contributed by atoms with Crippen molar-refractivity contribution < 1.29 is 14.3 Å². The van der Waals surface area contributed by atoms with Crippen LogP contribution in [0, 0.1) is 5.92 Å². The van der Waals surface area contributed by atoms with Crippen molar-refractivity contribution >= 4 is 6.29 Å². The molecule has 1 aromatic rings. The number of ether oxygens (including phenoxy) is 2. The molecular formula is C17H26O3. The average Bonchev–Trinajstić information content (AvgIpc) is 2.48. The Balaban J connectivity index is 2.67. The number of unbranched alkanes of at least 4 members (excludes halogenated alkanes) is 1. The van der Waals surface area contributed by atoms with Crippen molar-refractivity contribution in [3.05, 3.63) is 23.8 Å². The smallest absolute Gasteiger partial charge is 0.161 e. The largest absolute Gasteiger partial charge is 0.490 e. The van der Waals surface area contributed by atoms with E-state index in [1.54, 1.807) is 12.1 Å². The third kappa shape index (κ3) is 5.24. The predicted octanol–water partition coefficient (Wildman–Crippen LogP) is 4.49. The molecule has 3 heteroatoms. The van der Waals surface area contributed by atoms with Gasteiger partial charge in [0.25, 0.3) is 0 Å². The van der Waals surface area contributed by atoms with Crippen molar-refractivity contribution in [1.29, 1.82) is 0 Å². The van der Waals surface area contributed by atoms with Gasteiger partial charge >= 0.3 is 0 Å². The van der Waals surface area contributed by atoms with Gasteiger partial charge in [-0.25, -0.2) is 0 Å². The molecule has 1 atom stereocenters. The highest BCUT2D eigenvalue weighted by molar-refractivity contribution is 5.76. The van der Waals surface area contributed by atoms with Gasteiger partial charge in [-0.2, -0.15) is 0 Å². The summed E-state index contributed by atoms with van der Waals surface area (Å²) in [5.41, 5.74) is 0.610. The monoisotopic (exact) mass is 278 g/mol. The van der Waals surface area contributed by atoms with E-state index >= 15 is 0 Å². The summed E-state index contributed by atoms with van der Waals surface area (Å²) in [6, 6.07) is 5.32. The van der Waals surface area contributed by atoms with Crippen molar-refractivity contribution in [1.82, 2.24) is 0 Å². The number of hydrogen-bond acceptors (Lipinski definition) is 3. The van der Waals surface area contributed by atoms with Crippen LogP contribution in [-0.4, -0.2) is 19.5 Å². The molecule has 1 rings (SSSR count). The van der Waals surface area contributed by atoms with E-state index in [4.69, 9.17) is 9.47 Å². The van der Waals surface area contributed by atoms with E-state index in [1.807, 2.05) is 13.0 Å². The lowest BCUT2D eigenvalue weighted by Gasteiger charge is -2.17. The first kappa shape index (κ1) is 16.5. The van der Waals surface area contributed by atoms with E-state index in [0.717, 1.165) is 18.5 Å². The van der Waals surface area contributed by atoms with Crippen molar-refractivity contribution in [3.8, 4) is 11.5 Å². The summed E-state index contributed by atoms with van der Waals surface area (Å²) in [5.74, 6) is 1.96. The van der Waals surface area contributed by atoms with Gasteiger partial charge in [0.05, 0.1) is 13.2 Å². The summed E-state index contributed by atoms with van der Waals surface area (Å²) in [6.45, 7) is 7.59. The maximum Gasteiger partial charge on any atom is 0.161 e. The predicted molar refractivity (Wildman–Crippen MR) is 81.8 cm³/mol. The summed E-state index contributed by atoms with van der Waals surface area (Å²) in [4.78, 5) is 10.8. The van der Waals surface area contributed by atoms with Crippen LogP contribution in [0.5, 0.6) is 11.5 Å². The lowest BCUT2D eigenvalue weighted by Crippen LogP contribution is -2.12. The van der Waals surface area contributed by atoms with Gasteiger partial charge in [0.1, 0.15) is 6.29 Å². The number of hydrogen-bond donors (Lipinski definition) is 0. The van der Waals surface area contributed by atoms with Gasteiger partial charge in [0, 0.05) is 5.56 Å². The second-order valence-electron chi connectivity index (χ2n) is 4.98. The zero-order valence-corrected chi connectivity index (χ0v) is 12.9. The number of rotatable bonds is 10. The van der Waals surface area contributed by atoms with Gasteiger partial charge in [-0.05, 0) is 37.5 Å². The lowest BCUT2D eigenvalue weighted by atomic mass is 10.0. The summed E-state index contributed by atoms with van der Waals surface area (Å²) in [6.07, 6.45) is 5.60. The van der Waals surface area contributed by atoms with Crippen LogP contribution in [0.3, 0.4) is 0 Å². The Labute approximate surface area is 122 Å². The van der Waals surface area contributed by atoms with Crippen molar-refractivity contribution in [2.45, 2.75) is 46.5 Å². The first-order valence-corrected chi connectivity index (χ1v) is 7.59. The highest BCUT2D eigenvalue weighted by Gasteiger charge is 2.10. The highest BCUT2D eigenvalue weighted by Crippen LogP contribution is 2.29. The molecule has 0 saturated carbocycles. The molecule has 0 fully saturated rings. The first-order valence-electron chi connectivity index (χ1n) is 7.59. The molecule has 0 aliphatic carbocycles. The quantitative estimate of drug-likeness (QED) is 0.591. The van der Waals surface area contributed by atoms with Gasteiger partial charge in [0.15, 0.2) is 11.5 Å². The lowest BCUT2D eigenvalue weighted by molar-refractivity contribution is 0.112. The Kier molecular flexibility index (Phi) is 7.78. The van der Waals surface area contributed by atoms with Gasteiger partial charge < -0.3 is 9.47 Å². The fourth-order valence-electron chi connectivity index (χ4n) is 2.09. The Hall–Kier alpha value is -1.51. The third-order valence-electron chi connectivity index (χ3n) is 3.42. The summed E-state index contributed by atoms with van der Waals surface area (Å²) in [7, 11) is 0. The minimum Gasteiger partial charge on any atom is -0.490 e. The molecule has 3 nitrogen and oxygen atoms in total. The van der Waals surface area contributed by atoms with Crippen molar-refractivity contribution in [2.24, 2.45) is 5.92 Å². The van der Waals surface area contributed by atoms with Crippen LogP contribution in [0.15, 0.2) is 18.2 Å². The molecule has 0 spiro atoms. The maximum absolute atomic E-state index is 10.8. The molecule has 20 heavy (non-hydrogen) atoms. The maximum atomic E-state index is 10.8. The molecule has 0 aromatic heterocycles. The first-order chi connectivity index (χ1) is 9.74. The Bertz CT molecular complexity index is 401. The summed E-state index contributed by atoms with van der Waals surface area (Å²) in [5, 5.41) is 0. The number of carbonyl (C=O) groups is 1. The summed E-state index contributed by atoms with van der Waals surface area (Å²) < 4.78 is 11.4. The van der Waals surface area contributed by atoms with E-state index in [1.165, 1.54) is 19.3 Å². The fourth-order valence-corrected chi connectivity index (χ4v) is 2.09. The number of benzene rings is 1. The molecule has 112 valence electrons. The topological polar surface area (TPSA) is 35.5 Å². The minimum atomic E-state index is 0.561. The molecule has 0 amide bonds. The molecule has 1 unspecified atom stereocenters. The average molecular weight is 278 g/mol. The molecular weight excluding hydrogens is 252 g/mol. The normalized spacial score (nSPS) is 11.9. The van der Waals surface area contributed by atoms with E-state index in [0.29, 0.717) is 30.4 Å². The SMILES string of the molecule is CCCCC(CC)COc1ccc(C=O)cc1OCC. The van der Waals surface area contributed by atoms with E-state index in [9.17, 15) is 4.79 Å². The van der Waals surface area contributed by atoms with E-state index in [2.05, 4.69) is 13.8 Å². The zero-order chi connectivity index (χ0) is 14.8. The van der Waals surface area contributed by atoms with Crippen LogP contribution < -0.4 is 9.47 Å². The molecule has 0 radical (unpaired) electrons. The minimum absolute atomic E-state index is 0.561. The number of aldehydes is 1. The van der Waals surface area contributed by atoms with Gasteiger partial charge in [0.2, 0.25) is 0 Å². The number of carbonyl (C=O) groups excluding carboxylic acids is 1. The Morgan fingerprint density at radius 2 is 1.95 bits per heavy atom. The summed E-state index contributed by atoms with van der Waals surface area (Å²) >= 11 is 0.